The minimum atomic E-state index is -1.06. The van der Waals surface area contributed by atoms with Gasteiger partial charge in [-0.25, -0.2) is 4.79 Å². The molecular formula is C13H15NO5. The summed E-state index contributed by atoms with van der Waals surface area (Å²) in [7, 11) is 1.38. The summed E-state index contributed by atoms with van der Waals surface area (Å²) in [6.45, 7) is 0. The van der Waals surface area contributed by atoms with Gasteiger partial charge in [-0.15, -0.1) is 0 Å². The van der Waals surface area contributed by atoms with Crippen molar-refractivity contribution in [1.29, 1.82) is 0 Å². The number of rotatable bonds is 5. The van der Waals surface area contributed by atoms with Gasteiger partial charge in [0.25, 0.3) is 5.91 Å². The smallest absolute Gasteiger partial charge is 0.326 e. The Morgan fingerprint density at radius 2 is 2.11 bits per heavy atom. The van der Waals surface area contributed by atoms with Gasteiger partial charge >= 0.3 is 5.97 Å². The SMILES string of the molecule is COc1cccc(C(=O)NC(C(=O)O)C2CC2)c1O. The molecule has 0 aromatic heterocycles. The number of aliphatic carboxylic acids is 1. The molecule has 1 atom stereocenters. The first kappa shape index (κ1) is 13.2. The van der Waals surface area contributed by atoms with Crippen molar-refractivity contribution in [3.8, 4) is 11.5 Å². The number of benzene rings is 1. The summed E-state index contributed by atoms with van der Waals surface area (Å²) in [6.07, 6.45) is 1.59. The summed E-state index contributed by atoms with van der Waals surface area (Å²) in [4.78, 5) is 23.0. The number of phenolic OH excluding ortho intramolecular Hbond substituents is 1. The molecule has 0 bridgehead atoms. The highest BCUT2D eigenvalue weighted by molar-refractivity contribution is 5.99. The van der Waals surface area contributed by atoms with Crippen LogP contribution in [-0.2, 0) is 4.79 Å². The van der Waals surface area contributed by atoms with Crippen LogP contribution in [0.5, 0.6) is 11.5 Å². The number of carbonyl (C=O) groups is 2. The van der Waals surface area contributed by atoms with Gasteiger partial charge in [-0.2, -0.15) is 0 Å². The molecule has 0 saturated heterocycles. The van der Waals surface area contributed by atoms with Crippen molar-refractivity contribution in [1.82, 2.24) is 5.32 Å². The van der Waals surface area contributed by atoms with E-state index in [9.17, 15) is 14.7 Å². The number of aromatic hydroxyl groups is 1. The van der Waals surface area contributed by atoms with Crippen LogP contribution < -0.4 is 10.1 Å². The molecule has 1 fully saturated rings. The predicted octanol–water partition coefficient (Wildman–Crippen LogP) is 0.994. The van der Waals surface area contributed by atoms with Crippen molar-refractivity contribution >= 4 is 11.9 Å². The monoisotopic (exact) mass is 265 g/mol. The van der Waals surface area contributed by atoms with E-state index in [1.165, 1.54) is 19.2 Å². The molecule has 1 unspecified atom stereocenters. The van der Waals surface area contributed by atoms with Gasteiger partial charge in [0.05, 0.1) is 12.7 Å². The maximum atomic E-state index is 12.0. The number of para-hydroxylation sites is 1. The lowest BCUT2D eigenvalue weighted by atomic mass is 10.1. The zero-order valence-corrected chi connectivity index (χ0v) is 10.4. The Hall–Kier alpha value is -2.24. The zero-order chi connectivity index (χ0) is 14.0. The van der Waals surface area contributed by atoms with Crippen LogP contribution in [0.2, 0.25) is 0 Å². The predicted molar refractivity (Wildman–Crippen MR) is 66.3 cm³/mol. The van der Waals surface area contributed by atoms with Crippen LogP contribution in [0.3, 0.4) is 0 Å². The van der Waals surface area contributed by atoms with E-state index in [-0.39, 0.29) is 23.0 Å². The van der Waals surface area contributed by atoms with Crippen LogP contribution in [-0.4, -0.2) is 35.2 Å². The molecule has 1 amide bonds. The maximum absolute atomic E-state index is 12.0. The first-order chi connectivity index (χ1) is 9.04. The van der Waals surface area contributed by atoms with E-state index in [1.807, 2.05) is 0 Å². The van der Waals surface area contributed by atoms with Crippen LogP contribution in [0.15, 0.2) is 18.2 Å². The summed E-state index contributed by atoms with van der Waals surface area (Å²) in [6, 6.07) is 3.58. The Balaban J connectivity index is 2.17. The van der Waals surface area contributed by atoms with Crippen molar-refractivity contribution in [3.63, 3.8) is 0 Å². The Bertz CT molecular complexity index is 510. The molecule has 6 heteroatoms. The van der Waals surface area contributed by atoms with Crippen LogP contribution in [0.1, 0.15) is 23.2 Å². The molecule has 0 aliphatic heterocycles. The second kappa shape index (κ2) is 5.17. The van der Waals surface area contributed by atoms with Crippen molar-refractivity contribution in [2.24, 2.45) is 5.92 Å². The van der Waals surface area contributed by atoms with Crippen molar-refractivity contribution in [3.05, 3.63) is 23.8 Å². The Morgan fingerprint density at radius 1 is 1.42 bits per heavy atom. The van der Waals surface area contributed by atoms with Crippen molar-refractivity contribution < 1.29 is 24.5 Å². The molecule has 0 spiro atoms. The molecule has 1 aromatic carbocycles. The lowest BCUT2D eigenvalue weighted by Crippen LogP contribution is -2.42. The number of hydrogen-bond acceptors (Lipinski definition) is 4. The fourth-order valence-electron chi connectivity index (χ4n) is 1.90. The minimum Gasteiger partial charge on any atom is -0.504 e. The van der Waals surface area contributed by atoms with E-state index in [4.69, 9.17) is 9.84 Å². The van der Waals surface area contributed by atoms with Crippen LogP contribution >= 0.6 is 0 Å². The van der Waals surface area contributed by atoms with Crippen molar-refractivity contribution in [2.75, 3.05) is 7.11 Å². The van der Waals surface area contributed by atoms with Crippen molar-refractivity contribution in [2.45, 2.75) is 18.9 Å². The van der Waals surface area contributed by atoms with Crippen LogP contribution in [0.4, 0.5) is 0 Å². The number of carboxylic acids is 1. The molecule has 19 heavy (non-hydrogen) atoms. The number of methoxy groups -OCH3 is 1. The topological polar surface area (TPSA) is 95.9 Å². The van der Waals surface area contributed by atoms with E-state index < -0.39 is 17.9 Å². The number of phenols is 1. The highest BCUT2D eigenvalue weighted by Crippen LogP contribution is 2.34. The fourth-order valence-corrected chi connectivity index (χ4v) is 1.90. The molecule has 6 nitrogen and oxygen atoms in total. The van der Waals surface area contributed by atoms with E-state index in [1.54, 1.807) is 6.07 Å². The summed E-state index contributed by atoms with van der Waals surface area (Å²) in [5.74, 6) is -1.81. The first-order valence-electron chi connectivity index (χ1n) is 5.94. The van der Waals surface area contributed by atoms with Gasteiger partial charge in [0.1, 0.15) is 6.04 Å². The van der Waals surface area contributed by atoms with Crippen LogP contribution in [0, 0.1) is 5.92 Å². The molecule has 0 radical (unpaired) electrons. The molecule has 3 N–H and O–H groups in total. The van der Waals surface area contributed by atoms with Gasteiger partial charge in [0, 0.05) is 0 Å². The molecule has 2 rings (SSSR count). The highest BCUT2D eigenvalue weighted by atomic mass is 16.5. The fraction of sp³-hybridized carbons (Fsp3) is 0.385. The second-order valence-corrected chi connectivity index (χ2v) is 4.48. The van der Waals surface area contributed by atoms with Gasteiger partial charge in [-0.1, -0.05) is 6.07 Å². The third kappa shape index (κ3) is 2.78. The summed E-state index contributed by atoms with van der Waals surface area (Å²) < 4.78 is 4.90. The summed E-state index contributed by atoms with van der Waals surface area (Å²) in [5, 5.41) is 21.3. The molecule has 1 saturated carbocycles. The Morgan fingerprint density at radius 3 is 2.63 bits per heavy atom. The quantitative estimate of drug-likeness (QED) is 0.738. The Labute approximate surface area is 110 Å². The van der Waals surface area contributed by atoms with Gasteiger partial charge in [-0.3, -0.25) is 4.79 Å². The average molecular weight is 265 g/mol. The summed E-state index contributed by atoms with van der Waals surface area (Å²) >= 11 is 0. The minimum absolute atomic E-state index is 0.00579. The van der Waals surface area contributed by atoms with E-state index in [0.717, 1.165) is 12.8 Å². The first-order valence-corrected chi connectivity index (χ1v) is 5.94. The highest BCUT2D eigenvalue weighted by Gasteiger charge is 2.37. The number of carbonyl (C=O) groups excluding carboxylic acids is 1. The average Bonchev–Trinajstić information content (AvgIpc) is 3.19. The second-order valence-electron chi connectivity index (χ2n) is 4.48. The van der Waals surface area contributed by atoms with Gasteiger partial charge in [-0.05, 0) is 30.9 Å². The maximum Gasteiger partial charge on any atom is 0.326 e. The molecule has 1 aromatic rings. The normalized spacial score (nSPS) is 15.6. The molecular weight excluding hydrogens is 250 g/mol. The largest absolute Gasteiger partial charge is 0.504 e. The van der Waals surface area contributed by atoms with E-state index >= 15 is 0 Å². The lowest BCUT2D eigenvalue weighted by molar-refractivity contribution is -0.139. The third-order valence-corrected chi connectivity index (χ3v) is 3.11. The van der Waals surface area contributed by atoms with Gasteiger partial charge in [0.15, 0.2) is 11.5 Å². The number of nitrogens with one attached hydrogen (secondary N) is 1. The number of ether oxygens (including phenoxy) is 1. The third-order valence-electron chi connectivity index (χ3n) is 3.11. The number of carboxylic acid groups (broad SMARTS) is 1. The molecule has 1 aliphatic carbocycles. The van der Waals surface area contributed by atoms with Gasteiger partial charge in [0.2, 0.25) is 0 Å². The number of amides is 1. The lowest BCUT2D eigenvalue weighted by Gasteiger charge is -2.14. The van der Waals surface area contributed by atoms with Gasteiger partial charge < -0.3 is 20.3 Å². The molecule has 0 heterocycles. The van der Waals surface area contributed by atoms with Crippen LogP contribution in [0.25, 0.3) is 0 Å². The van der Waals surface area contributed by atoms with E-state index in [0.29, 0.717) is 0 Å². The van der Waals surface area contributed by atoms with E-state index in [2.05, 4.69) is 5.32 Å². The Kier molecular flexibility index (Phi) is 3.59. The molecule has 1 aliphatic rings. The molecule has 102 valence electrons. The number of hydrogen-bond donors (Lipinski definition) is 3. The zero-order valence-electron chi connectivity index (χ0n) is 10.4. The standard InChI is InChI=1S/C13H15NO5/c1-19-9-4-2-3-8(11(9)15)12(16)14-10(13(17)18)7-5-6-7/h2-4,7,10,15H,5-6H2,1H3,(H,14,16)(H,17,18). The summed E-state index contributed by atoms with van der Waals surface area (Å²) in [5.41, 5.74) is 0.00579.